The fourth-order valence-corrected chi connectivity index (χ4v) is 1.16. The molecule has 0 heterocycles. The van der Waals surface area contributed by atoms with E-state index < -0.39 is 11.9 Å². The summed E-state index contributed by atoms with van der Waals surface area (Å²) in [5.74, 6) is -0.293. The molecule has 16 heavy (non-hydrogen) atoms. The Hall–Kier alpha value is -2.09. The van der Waals surface area contributed by atoms with Gasteiger partial charge < -0.3 is 9.94 Å². The minimum absolute atomic E-state index is 0.185. The van der Waals surface area contributed by atoms with Crippen LogP contribution in [0.5, 0.6) is 5.75 Å². The molecule has 0 aliphatic rings. The Morgan fingerprint density at radius 1 is 1.62 bits per heavy atom. The summed E-state index contributed by atoms with van der Waals surface area (Å²) in [6.45, 7) is 3.09. The molecule has 1 N–H and O–H groups in total. The van der Waals surface area contributed by atoms with Gasteiger partial charge in [-0.1, -0.05) is 5.16 Å². The van der Waals surface area contributed by atoms with Crippen LogP contribution in [0.25, 0.3) is 0 Å². The van der Waals surface area contributed by atoms with Gasteiger partial charge in [-0.15, -0.1) is 0 Å². The molecule has 84 valence electrons. The fraction of sp³-hybridized carbons (Fsp3) is 0.273. The molecule has 0 fully saturated rings. The topological polar surface area (TPSA) is 65.6 Å². The van der Waals surface area contributed by atoms with Crippen LogP contribution < -0.4 is 4.74 Å². The normalized spacial score (nSPS) is 13.0. The number of rotatable bonds is 3. The van der Waals surface area contributed by atoms with Gasteiger partial charge in [-0.05, 0) is 26.0 Å². The van der Waals surface area contributed by atoms with Crippen molar-refractivity contribution < 1.29 is 14.3 Å². The largest absolute Gasteiger partial charge is 0.475 e. The number of ether oxygens (including phenoxy) is 1. The van der Waals surface area contributed by atoms with Crippen LogP contribution in [0.15, 0.2) is 23.4 Å². The first-order valence-electron chi connectivity index (χ1n) is 4.63. The second-order valence-electron chi connectivity index (χ2n) is 3.22. The van der Waals surface area contributed by atoms with E-state index in [0.717, 1.165) is 6.07 Å². The number of oxime groups is 1. The smallest absolute Gasteiger partial charge is 0.181 e. The highest BCUT2D eigenvalue weighted by atomic mass is 19.1. The van der Waals surface area contributed by atoms with Gasteiger partial charge in [0, 0.05) is 11.6 Å². The molecule has 4 nitrogen and oxygen atoms in total. The molecule has 0 aromatic heterocycles. The Kier molecular flexibility index (Phi) is 3.84. The summed E-state index contributed by atoms with van der Waals surface area (Å²) in [4.78, 5) is 0. The van der Waals surface area contributed by atoms with Gasteiger partial charge in [-0.25, -0.2) is 4.39 Å². The van der Waals surface area contributed by atoms with E-state index in [2.05, 4.69) is 5.16 Å². The Balaban J connectivity index is 3.14. The maximum Gasteiger partial charge on any atom is 0.181 e. The lowest BCUT2D eigenvalue weighted by Crippen LogP contribution is -2.11. The zero-order chi connectivity index (χ0) is 12.1. The first-order chi connectivity index (χ1) is 7.58. The van der Waals surface area contributed by atoms with E-state index >= 15 is 0 Å². The molecule has 0 aliphatic heterocycles. The highest BCUT2D eigenvalue weighted by Crippen LogP contribution is 2.22. The second kappa shape index (κ2) is 5.12. The van der Waals surface area contributed by atoms with Crippen molar-refractivity contribution in [2.24, 2.45) is 5.16 Å². The van der Waals surface area contributed by atoms with Crippen molar-refractivity contribution in [3.05, 3.63) is 29.6 Å². The monoisotopic (exact) mass is 222 g/mol. The maximum absolute atomic E-state index is 13.0. The molecule has 1 rings (SSSR count). The molecule has 1 unspecified atom stereocenters. The lowest BCUT2D eigenvalue weighted by atomic mass is 10.1. The van der Waals surface area contributed by atoms with E-state index in [0.29, 0.717) is 11.3 Å². The van der Waals surface area contributed by atoms with Crippen molar-refractivity contribution in [1.82, 2.24) is 0 Å². The Bertz CT molecular complexity index is 452. The summed E-state index contributed by atoms with van der Waals surface area (Å²) < 4.78 is 18.2. The zero-order valence-corrected chi connectivity index (χ0v) is 8.94. The standard InChI is InChI=1S/C11H11FN2O2/c1-7(6-13)16-11-5-9(12)3-4-10(11)8(2)14-15/h3-5,7,15H,1-2H3. The first kappa shape index (κ1) is 12.0. The van der Waals surface area contributed by atoms with Crippen molar-refractivity contribution in [1.29, 1.82) is 5.26 Å². The quantitative estimate of drug-likeness (QED) is 0.485. The lowest BCUT2D eigenvalue weighted by Gasteiger charge is -2.11. The van der Waals surface area contributed by atoms with Gasteiger partial charge in [-0.3, -0.25) is 0 Å². The molecule has 0 saturated heterocycles. The van der Waals surface area contributed by atoms with Gasteiger partial charge in [0.15, 0.2) is 6.10 Å². The van der Waals surface area contributed by atoms with Gasteiger partial charge in [0.05, 0.1) is 5.71 Å². The molecule has 5 heteroatoms. The average Bonchev–Trinajstić information content (AvgIpc) is 2.28. The minimum Gasteiger partial charge on any atom is -0.475 e. The van der Waals surface area contributed by atoms with Crippen LogP contribution in [-0.2, 0) is 0 Å². The lowest BCUT2D eigenvalue weighted by molar-refractivity contribution is 0.274. The number of hydrogen-bond acceptors (Lipinski definition) is 4. The molecule has 1 aromatic carbocycles. The Morgan fingerprint density at radius 2 is 2.31 bits per heavy atom. The number of benzene rings is 1. The van der Waals surface area contributed by atoms with Gasteiger partial charge in [-0.2, -0.15) is 5.26 Å². The van der Waals surface area contributed by atoms with Crippen LogP contribution in [0.2, 0.25) is 0 Å². The average molecular weight is 222 g/mol. The van der Waals surface area contributed by atoms with Crippen LogP contribution in [0.3, 0.4) is 0 Å². The van der Waals surface area contributed by atoms with E-state index in [1.807, 2.05) is 6.07 Å². The van der Waals surface area contributed by atoms with Gasteiger partial charge in [0.25, 0.3) is 0 Å². The van der Waals surface area contributed by atoms with Gasteiger partial charge in [0.1, 0.15) is 17.6 Å². The van der Waals surface area contributed by atoms with Crippen LogP contribution in [0, 0.1) is 17.1 Å². The molecule has 0 aliphatic carbocycles. The van der Waals surface area contributed by atoms with E-state index in [4.69, 9.17) is 15.2 Å². The van der Waals surface area contributed by atoms with E-state index in [1.165, 1.54) is 12.1 Å². The van der Waals surface area contributed by atoms with Crippen LogP contribution in [-0.4, -0.2) is 17.0 Å². The number of hydrogen-bond donors (Lipinski definition) is 1. The summed E-state index contributed by atoms with van der Waals surface area (Å²) in [7, 11) is 0. The summed E-state index contributed by atoms with van der Waals surface area (Å²) in [6, 6.07) is 5.69. The van der Waals surface area contributed by atoms with Crippen LogP contribution >= 0.6 is 0 Å². The van der Waals surface area contributed by atoms with Crippen molar-refractivity contribution in [2.75, 3.05) is 0 Å². The summed E-state index contributed by atoms with van der Waals surface area (Å²) in [5.41, 5.74) is 0.742. The van der Waals surface area contributed by atoms with Gasteiger partial charge >= 0.3 is 0 Å². The Morgan fingerprint density at radius 3 is 2.88 bits per heavy atom. The van der Waals surface area contributed by atoms with Crippen LogP contribution in [0.4, 0.5) is 4.39 Å². The SMILES string of the molecule is CC(=NO)c1ccc(F)cc1OC(C)C#N. The maximum atomic E-state index is 13.0. The van der Waals surface area contributed by atoms with E-state index in [-0.39, 0.29) is 5.75 Å². The molecular weight excluding hydrogens is 211 g/mol. The molecule has 1 atom stereocenters. The number of nitriles is 1. The molecule has 0 spiro atoms. The van der Waals surface area contributed by atoms with E-state index in [9.17, 15) is 4.39 Å². The van der Waals surface area contributed by atoms with Crippen molar-refractivity contribution in [2.45, 2.75) is 20.0 Å². The highest BCUT2D eigenvalue weighted by Gasteiger charge is 2.11. The minimum atomic E-state index is -0.702. The van der Waals surface area contributed by atoms with Gasteiger partial charge in [0.2, 0.25) is 0 Å². The molecular formula is C11H11FN2O2. The zero-order valence-electron chi connectivity index (χ0n) is 8.94. The Labute approximate surface area is 92.6 Å². The van der Waals surface area contributed by atoms with Crippen molar-refractivity contribution in [3.8, 4) is 11.8 Å². The number of halogens is 1. The summed E-state index contributed by atoms with van der Waals surface area (Å²) in [5, 5.41) is 20.3. The predicted molar refractivity (Wildman–Crippen MR) is 56.1 cm³/mol. The molecule has 1 aromatic rings. The molecule has 0 radical (unpaired) electrons. The second-order valence-corrected chi connectivity index (χ2v) is 3.22. The predicted octanol–water partition coefficient (Wildman–Crippen LogP) is 2.31. The van der Waals surface area contributed by atoms with Crippen molar-refractivity contribution in [3.63, 3.8) is 0 Å². The summed E-state index contributed by atoms with van der Waals surface area (Å²) in [6.07, 6.45) is -0.702. The van der Waals surface area contributed by atoms with Crippen LogP contribution in [0.1, 0.15) is 19.4 Å². The highest BCUT2D eigenvalue weighted by molar-refractivity contribution is 6.00. The molecule has 0 bridgehead atoms. The summed E-state index contributed by atoms with van der Waals surface area (Å²) >= 11 is 0. The number of nitrogens with zero attached hydrogens (tertiary/aromatic N) is 2. The third-order valence-electron chi connectivity index (χ3n) is 1.97. The molecule has 0 amide bonds. The van der Waals surface area contributed by atoms with Crippen molar-refractivity contribution >= 4 is 5.71 Å². The third-order valence-corrected chi connectivity index (χ3v) is 1.97. The van der Waals surface area contributed by atoms with E-state index in [1.54, 1.807) is 13.8 Å². The fourth-order valence-electron chi connectivity index (χ4n) is 1.16. The third kappa shape index (κ3) is 2.70. The first-order valence-corrected chi connectivity index (χ1v) is 4.63. The molecule has 0 saturated carbocycles.